The van der Waals surface area contributed by atoms with Crippen molar-refractivity contribution in [3.63, 3.8) is 0 Å². The van der Waals surface area contributed by atoms with Gasteiger partial charge >= 0.3 is 0 Å². The van der Waals surface area contributed by atoms with Gasteiger partial charge in [0, 0.05) is 28.9 Å². The fourth-order valence-corrected chi connectivity index (χ4v) is 2.69. The molecule has 22 heavy (non-hydrogen) atoms. The first kappa shape index (κ1) is 16.3. The Balaban J connectivity index is 2.25. The van der Waals surface area contributed by atoms with Gasteiger partial charge in [0.2, 0.25) is 0 Å². The maximum atomic E-state index is 11.2. The molecule has 3 N–H and O–H groups in total. The zero-order chi connectivity index (χ0) is 16.3. The normalized spacial score (nSPS) is 10.5. The minimum Gasteiger partial charge on any atom is -0.506 e. The van der Waals surface area contributed by atoms with Crippen LogP contribution in [0.1, 0.15) is 16.7 Å². The lowest BCUT2D eigenvalue weighted by atomic mass is 10.0. The van der Waals surface area contributed by atoms with Crippen LogP contribution in [0.5, 0.6) is 5.75 Å². The Morgan fingerprint density at radius 3 is 2.45 bits per heavy atom. The fourth-order valence-electron chi connectivity index (χ4n) is 2.26. The Labute approximate surface area is 136 Å². The molecular formula is C15H16BrN3O3. The van der Waals surface area contributed by atoms with Gasteiger partial charge in [-0.25, -0.2) is 5.43 Å². The van der Waals surface area contributed by atoms with Crippen molar-refractivity contribution in [3.05, 3.63) is 61.6 Å². The Morgan fingerprint density at radius 2 is 1.86 bits per heavy atom. The molecule has 0 atom stereocenters. The SMILES string of the molecule is Cc1c(Br)c(O)c(CNNc2ccccc2)c(C)c1[N+](=O)[O-]. The summed E-state index contributed by atoms with van der Waals surface area (Å²) < 4.78 is 0.348. The van der Waals surface area contributed by atoms with Crippen molar-refractivity contribution in [3.8, 4) is 5.75 Å². The van der Waals surface area contributed by atoms with Crippen LogP contribution in [-0.2, 0) is 6.54 Å². The summed E-state index contributed by atoms with van der Waals surface area (Å²) in [6, 6.07) is 9.45. The lowest BCUT2D eigenvalue weighted by Gasteiger charge is -2.15. The van der Waals surface area contributed by atoms with Gasteiger partial charge in [-0.3, -0.25) is 10.1 Å². The molecule has 116 valence electrons. The minimum absolute atomic E-state index is 0.0150. The third kappa shape index (κ3) is 3.20. The molecule has 0 aliphatic carbocycles. The van der Waals surface area contributed by atoms with Gasteiger partial charge in [-0.1, -0.05) is 18.2 Å². The van der Waals surface area contributed by atoms with E-state index in [0.29, 0.717) is 21.2 Å². The van der Waals surface area contributed by atoms with E-state index < -0.39 is 4.92 Å². The summed E-state index contributed by atoms with van der Waals surface area (Å²) in [5.41, 5.74) is 8.16. The smallest absolute Gasteiger partial charge is 0.276 e. The van der Waals surface area contributed by atoms with E-state index in [0.717, 1.165) is 5.69 Å². The summed E-state index contributed by atoms with van der Waals surface area (Å²) >= 11 is 3.22. The number of rotatable bonds is 5. The second kappa shape index (κ2) is 6.76. The highest BCUT2D eigenvalue weighted by molar-refractivity contribution is 9.10. The third-order valence-corrected chi connectivity index (χ3v) is 4.41. The van der Waals surface area contributed by atoms with Crippen LogP contribution in [0.25, 0.3) is 0 Å². The highest BCUT2D eigenvalue weighted by Gasteiger charge is 2.24. The van der Waals surface area contributed by atoms with E-state index in [1.54, 1.807) is 13.8 Å². The number of hydrazine groups is 1. The van der Waals surface area contributed by atoms with Crippen LogP contribution < -0.4 is 10.9 Å². The number of benzene rings is 2. The van der Waals surface area contributed by atoms with Gasteiger partial charge in [-0.05, 0) is 41.9 Å². The molecule has 2 rings (SSSR count). The number of phenols is 1. The number of anilines is 1. The van der Waals surface area contributed by atoms with Crippen LogP contribution in [-0.4, -0.2) is 10.0 Å². The van der Waals surface area contributed by atoms with E-state index in [1.807, 2.05) is 30.3 Å². The molecule has 0 unspecified atom stereocenters. The summed E-state index contributed by atoms with van der Waals surface area (Å²) in [5, 5.41) is 21.4. The molecule has 0 saturated carbocycles. The van der Waals surface area contributed by atoms with Gasteiger partial charge in [-0.15, -0.1) is 0 Å². The summed E-state index contributed by atoms with van der Waals surface area (Å²) in [7, 11) is 0. The molecule has 6 nitrogen and oxygen atoms in total. The average Bonchev–Trinajstić information content (AvgIpc) is 2.49. The maximum absolute atomic E-state index is 11.2. The number of nitrogens with one attached hydrogen (secondary N) is 2. The van der Waals surface area contributed by atoms with Crippen LogP contribution in [0.2, 0.25) is 0 Å². The van der Waals surface area contributed by atoms with Gasteiger partial charge in [-0.2, -0.15) is 0 Å². The van der Waals surface area contributed by atoms with Gasteiger partial charge in [0.15, 0.2) is 0 Å². The molecule has 7 heteroatoms. The highest BCUT2D eigenvalue weighted by atomic mass is 79.9. The van der Waals surface area contributed by atoms with Crippen molar-refractivity contribution in [2.24, 2.45) is 0 Å². The first-order valence-corrected chi connectivity index (χ1v) is 7.41. The first-order chi connectivity index (χ1) is 10.4. The van der Waals surface area contributed by atoms with E-state index in [1.165, 1.54) is 0 Å². The summed E-state index contributed by atoms with van der Waals surface area (Å²) in [5.74, 6) is 0.0166. The van der Waals surface area contributed by atoms with Crippen molar-refractivity contribution in [1.29, 1.82) is 0 Å². The topological polar surface area (TPSA) is 87.4 Å². The lowest BCUT2D eigenvalue weighted by Crippen LogP contribution is -2.21. The number of aromatic hydroxyl groups is 1. The molecule has 0 aliphatic rings. The van der Waals surface area contributed by atoms with Crippen molar-refractivity contribution in [1.82, 2.24) is 5.43 Å². The quantitative estimate of drug-likeness (QED) is 0.554. The summed E-state index contributed by atoms with van der Waals surface area (Å²) in [6.45, 7) is 3.48. The molecule has 0 amide bonds. The zero-order valence-corrected chi connectivity index (χ0v) is 13.8. The van der Waals surface area contributed by atoms with E-state index in [4.69, 9.17) is 0 Å². The largest absolute Gasteiger partial charge is 0.506 e. The highest BCUT2D eigenvalue weighted by Crippen LogP contribution is 2.40. The monoisotopic (exact) mass is 365 g/mol. The minimum atomic E-state index is -0.428. The molecule has 2 aromatic carbocycles. The van der Waals surface area contributed by atoms with Gasteiger partial charge in [0.05, 0.1) is 9.40 Å². The predicted octanol–water partition coefficient (Wildman–Crippen LogP) is 3.80. The fraction of sp³-hybridized carbons (Fsp3) is 0.200. The Morgan fingerprint density at radius 1 is 1.23 bits per heavy atom. The maximum Gasteiger partial charge on any atom is 0.276 e. The van der Waals surface area contributed by atoms with Gasteiger partial charge in [0.1, 0.15) is 5.75 Å². The second-order valence-electron chi connectivity index (χ2n) is 4.84. The Bertz CT molecular complexity index is 705. The van der Waals surface area contributed by atoms with Gasteiger partial charge in [0.25, 0.3) is 5.69 Å². The number of nitro benzene ring substituents is 1. The Hall–Kier alpha value is -2.12. The van der Waals surface area contributed by atoms with Crippen LogP contribution >= 0.6 is 15.9 Å². The summed E-state index contributed by atoms with van der Waals surface area (Å²) in [6.07, 6.45) is 0. The average molecular weight is 366 g/mol. The van der Waals surface area contributed by atoms with Crippen molar-refractivity contribution >= 4 is 27.3 Å². The first-order valence-electron chi connectivity index (χ1n) is 6.62. The van der Waals surface area contributed by atoms with Gasteiger partial charge < -0.3 is 10.5 Å². The van der Waals surface area contributed by atoms with E-state index in [-0.39, 0.29) is 18.0 Å². The number of para-hydroxylation sites is 1. The molecular weight excluding hydrogens is 350 g/mol. The van der Waals surface area contributed by atoms with E-state index in [9.17, 15) is 15.2 Å². The number of hydrogen-bond acceptors (Lipinski definition) is 5. The molecule has 0 spiro atoms. The molecule has 0 fully saturated rings. The number of nitrogens with zero attached hydrogens (tertiary/aromatic N) is 1. The van der Waals surface area contributed by atoms with Crippen molar-refractivity contribution < 1.29 is 10.0 Å². The van der Waals surface area contributed by atoms with E-state index in [2.05, 4.69) is 26.8 Å². The standard InChI is InChI=1S/C15H16BrN3O3/c1-9-12(8-17-18-11-6-4-3-5-7-11)15(20)13(16)10(2)14(9)19(21)22/h3-7,17-18,20H,8H2,1-2H3. The second-order valence-corrected chi connectivity index (χ2v) is 5.63. The predicted molar refractivity (Wildman–Crippen MR) is 88.8 cm³/mol. The van der Waals surface area contributed by atoms with Crippen LogP contribution in [0.4, 0.5) is 11.4 Å². The number of phenolic OH excluding ortho intramolecular Hbond substituents is 1. The van der Waals surface area contributed by atoms with Crippen molar-refractivity contribution in [2.75, 3.05) is 5.43 Å². The molecule has 0 aromatic heterocycles. The number of halogens is 1. The molecule has 0 saturated heterocycles. The third-order valence-electron chi connectivity index (χ3n) is 3.44. The Kier molecular flexibility index (Phi) is 4.99. The zero-order valence-electron chi connectivity index (χ0n) is 12.2. The molecule has 0 radical (unpaired) electrons. The molecule has 2 aromatic rings. The number of nitro groups is 1. The molecule has 0 bridgehead atoms. The van der Waals surface area contributed by atoms with Crippen LogP contribution in [0.3, 0.4) is 0 Å². The van der Waals surface area contributed by atoms with E-state index >= 15 is 0 Å². The van der Waals surface area contributed by atoms with Crippen LogP contribution in [0, 0.1) is 24.0 Å². The van der Waals surface area contributed by atoms with Crippen LogP contribution in [0.15, 0.2) is 34.8 Å². The number of hydrogen-bond donors (Lipinski definition) is 3. The summed E-state index contributed by atoms with van der Waals surface area (Å²) in [4.78, 5) is 10.8. The molecule has 0 aliphatic heterocycles. The lowest BCUT2D eigenvalue weighted by molar-refractivity contribution is -0.386. The molecule has 0 heterocycles. The van der Waals surface area contributed by atoms with Crippen molar-refractivity contribution in [2.45, 2.75) is 20.4 Å².